The highest BCUT2D eigenvalue weighted by molar-refractivity contribution is 7.89. The fraction of sp³-hybridized carbons (Fsp3) is 0.636. The third kappa shape index (κ3) is 3.94. The molecule has 1 aromatic heterocycles. The molecular weight excluding hydrogens is 320 g/mol. The van der Waals surface area contributed by atoms with Gasteiger partial charge in [-0.15, -0.1) is 0 Å². The minimum absolute atomic E-state index is 0.00538. The summed E-state index contributed by atoms with van der Waals surface area (Å²) >= 11 is 5.85. The molecule has 1 aliphatic heterocycles. The number of halogens is 1. The molecular formula is C11H17ClN4O4S. The van der Waals surface area contributed by atoms with Gasteiger partial charge in [0.15, 0.2) is 0 Å². The fourth-order valence-corrected chi connectivity index (χ4v) is 3.36. The van der Waals surface area contributed by atoms with Gasteiger partial charge in [-0.3, -0.25) is 4.79 Å². The van der Waals surface area contributed by atoms with Crippen LogP contribution in [0.4, 0.5) is 0 Å². The second kappa shape index (κ2) is 6.73. The van der Waals surface area contributed by atoms with Gasteiger partial charge in [-0.2, -0.15) is 0 Å². The summed E-state index contributed by atoms with van der Waals surface area (Å²) in [6, 6.07) is 0. The zero-order chi connectivity index (χ0) is 15.5. The Hall–Kier alpha value is -1.16. The van der Waals surface area contributed by atoms with Gasteiger partial charge < -0.3 is 14.2 Å². The molecule has 1 saturated heterocycles. The normalized spacial score (nSPS) is 16.2. The number of nitrogens with zero attached hydrogens (tertiary/aromatic N) is 3. The van der Waals surface area contributed by atoms with Gasteiger partial charge in [-0.1, -0.05) is 11.6 Å². The highest BCUT2D eigenvalue weighted by Gasteiger charge is 2.23. The standard InChI is InChI=1S/C11H17ClN4O4S/c1-15-8-13-11(10(15)12)21(18,19)14-3-2-9(17)16-4-6-20-7-5-16/h8,14H,2-7H2,1H3. The molecule has 1 aliphatic rings. The molecule has 1 N–H and O–H groups in total. The Bertz CT molecular complexity index is 610. The summed E-state index contributed by atoms with van der Waals surface area (Å²) in [5, 5.41) is -0.201. The van der Waals surface area contributed by atoms with Crippen molar-refractivity contribution in [3.63, 3.8) is 0 Å². The van der Waals surface area contributed by atoms with Gasteiger partial charge in [-0.05, 0) is 0 Å². The molecule has 0 spiro atoms. The van der Waals surface area contributed by atoms with E-state index in [2.05, 4.69) is 9.71 Å². The molecule has 0 radical (unpaired) electrons. The number of sulfonamides is 1. The van der Waals surface area contributed by atoms with Crippen LogP contribution in [0.25, 0.3) is 0 Å². The van der Waals surface area contributed by atoms with E-state index in [0.717, 1.165) is 0 Å². The monoisotopic (exact) mass is 336 g/mol. The van der Waals surface area contributed by atoms with Crippen molar-refractivity contribution in [2.45, 2.75) is 11.4 Å². The molecule has 1 fully saturated rings. The van der Waals surface area contributed by atoms with E-state index in [0.29, 0.717) is 26.3 Å². The van der Waals surface area contributed by atoms with Gasteiger partial charge in [0.1, 0.15) is 5.15 Å². The summed E-state index contributed by atoms with van der Waals surface area (Å²) in [7, 11) is -2.21. The third-order valence-corrected chi connectivity index (χ3v) is 5.03. The largest absolute Gasteiger partial charge is 0.378 e. The minimum atomic E-state index is -3.81. The molecule has 2 rings (SSSR count). The number of hydrogen-bond acceptors (Lipinski definition) is 5. The summed E-state index contributed by atoms with van der Waals surface area (Å²) in [6.45, 7) is 2.11. The average Bonchev–Trinajstić information content (AvgIpc) is 2.80. The number of carbonyl (C=O) groups excluding carboxylic acids is 1. The van der Waals surface area contributed by atoms with E-state index in [-0.39, 0.29) is 29.1 Å². The fourth-order valence-electron chi connectivity index (χ4n) is 1.91. The zero-order valence-electron chi connectivity index (χ0n) is 11.6. The lowest BCUT2D eigenvalue weighted by molar-refractivity contribution is -0.135. The molecule has 21 heavy (non-hydrogen) atoms. The van der Waals surface area contributed by atoms with Crippen LogP contribution >= 0.6 is 11.6 Å². The molecule has 1 amide bonds. The van der Waals surface area contributed by atoms with Crippen LogP contribution in [0.3, 0.4) is 0 Å². The lowest BCUT2D eigenvalue weighted by Crippen LogP contribution is -2.42. The molecule has 0 atom stereocenters. The van der Waals surface area contributed by atoms with Crippen molar-refractivity contribution < 1.29 is 17.9 Å². The van der Waals surface area contributed by atoms with Gasteiger partial charge in [0, 0.05) is 33.1 Å². The minimum Gasteiger partial charge on any atom is -0.378 e. The molecule has 0 unspecified atom stereocenters. The number of morpholine rings is 1. The lowest BCUT2D eigenvalue weighted by atomic mass is 10.3. The van der Waals surface area contributed by atoms with Crippen molar-refractivity contribution in [3.05, 3.63) is 11.5 Å². The number of amides is 1. The van der Waals surface area contributed by atoms with E-state index in [1.165, 1.54) is 10.9 Å². The van der Waals surface area contributed by atoms with Crippen molar-refractivity contribution >= 4 is 27.5 Å². The van der Waals surface area contributed by atoms with Gasteiger partial charge >= 0.3 is 0 Å². The predicted molar refractivity (Wildman–Crippen MR) is 75.4 cm³/mol. The van der Waals surface area contributed by atoms with Crippen molar-refractivity contribution in [2.75, 3.05) is 32.8 Å². The van der Waals surface area contributed by atoms with Crippen LogP contribution in [-0.2, 0) is 26.6 Å². The first-order chi connectivity index (χ1) is 9.92. The first kappa shape index (κ1) is 16.2. The number of rotatable bonds is 5. The Morgan fingerprint density at radius 3 is 2.71 bits per heavy atom. The smallest absolute Gasteiger partial charge is 0.261 e. The second-order valence-electron chi connectivity index (χ2n) is 4.59. The first-order valence-electron chi connectivity index (χ1n) is 6.44. The van der Waals surface area contributed by atoms with E-state index in [9.17, 15) is 13.2 Å². The van der Waals surface area contributed by atoms with E-state index in [1.54, 1.807) is 11.9 Å². The molecule has 8 nitrogen and oxygen atoms in total. The van der Waals surface area contributed by atoms with Crippen molar-refractivity contribution in [3.8, 4) is 0 Å². The Morgan fingerprint density at radius 1 is 1.48 bits per heavy atom. The van der Waals surface area contributed by atoms with E-state index in [1.807, 2.05) is 0 Å². The Labute approximate surface area is 128 Å². The Morgan fingerprint density at radius 2 is 2.14 bits per heavy atom. The number of hydrogen-bond donors (Lipinski definition) is 1. The number of ether oxygens (including phenoxy) is 1. The predicted octanol–water partition coefficient (Wildman–Crippen LogP) is -0.399. The summed E-state index contributed by atoms with van der Waals surface area (Å²) < 4.78 is 32.9. The van der Waals surface area contributed by atoms with Crippen LogP contribution in [0, 0.1) is 0 Å². The topological polar surface area (TPSA) is 93.5 Å². The summed E-state index contributed by atoms with van der Waals surface area (Å²) in [4.78, 5) is 17.3. The first-order valence-corrected chi connectivity index (χ1v) is 8.30. The van der Waals surface area contributed by atoms with Crippen LogP contribution in [-0.4, -0.2) is 61.6 Å². The van der Waals surface area contributed by atoms with E-state index >= 15 is 0 Å². The number of aromatic nitrogens is 2. The third-order valence-electron chi connectivity index (χ3n) is 3.08. The highest BCUT2D eigenvalue weighted by Crippen LogP contribution is 2.18. The lowest BCUT2D eigenvalue weighted by Gasteiger charge is -2.26. The molecule has 2 heterocycles. The maximum atomic E-state index is 12.0. The van der Waals surface area contributed by atoms with Crippen LogP contribution in [0.15, 0.2) is 11.4 Å². The van der Waals surface area contributed by atoms with Gasteiger partial charge in [0.25, 0.3) is 10.0 Å². The molecule has 0 bridgehead atoms. The van der Waals surface area contributed by atoms with Crippen LogP contribution in [0.5, 0.6) is 0 Å². The number of carbonyl (C=O) groups is 1. The van der Waals surface area contributed by atoms with Gasteiger partial charge in [0.05, 0.1) is 19.5 Å². The second-order valence-corrected chi connectivity index (χ2v) is 6.63. The Balaban J connectivity index is 1.87. The summed E-state index contributed by atoms with van der Waals surface area (Å²) in [5.74, 6) is -0.104. The molecule has 118 valence electrons. The van der Waals surface area contributed by atoms with Crippen molar-refractivity contribution in [1.82, 2.24) is 19.2 Å². The number of aryl methyl sites for hydroxylation is 1. The number of nitrogens with one attached hydrogen (secondary N) is 1. The van der Waals surface area contributed by atoms with Crippen molar-refractivity contribution in [2.24, 2.45) is 7.05 Å². The van der Waals surface area contributed by atoms with E-state index in [4.69, 9.17) is 16.3 Å². The van der Waals surface area contributed by atoms with Crippen LogP contribution in [0.1, 0.15) is 6.42 Å². The quantitative estimate of drug-likeness (QED) is 0.789. The maximum absolute atomic E-state index is 12.0. The van der Waals surface area contributed by atoms with E-state index < -0.39 is 10.0 Å². The molecule has 10 heteroatoms. The van der Waals surface area contributed by atoms with Gasteiger partial charge in [-0.25, -0.2) is 18.1 Å². The molecule has 1 aromatic rings. The van der Waals surface area contributed by atoms with Gasteiger partial charge in [0.2, 0.25) is 10.9 Å². The maximum Gasteiger partial charge on any atom is 0.261 e. The number of imidazole rings is 1. The van der Waals surface area contributed by atoms with Crippen molar-refractivity contribution in [1.29, 1.82) is 0 Å². The highest BCUT2D eigenvalue weighted by atomic mass is 35.5. The molecule has 0 aromatic carbocycles. The average molecular weight is 337 g/mol. The Kier molecular flexibility index (Phi) is 5.20. The summed E-state index contributed by atoms with van der Waals surface area (Å²) in [5.41, 5.74) is 0. The molecule has 0 aliphatic carbocycles. The summed E-state index contributed by atoms with van der Waals surface area (Å²) in [6.07, 6.45) is 1.40. The van der Waals surface area contributed by atoms with Crippen LogP contribution < -0.4 is 4.72 Å². The molecule has 0 saturated carbocycles. The van der Waals surface area contributed by atoms with Crippen LogP contribution in [0.2, 0.25) is 5.15 Å². The zero-order valence-corrected chi connectivity index (χ0v) is 13.2. The SMILES string of the molecule is Cn1cnc(S(=O)(=O)NCCC(=O)N2CCOCC2)c1Cl.